The average molecular weight is 352 g/mol. The highest BCUT2D eigenvalue weighted by atomic mass is 79.9. The van der Waals surface area contributed by atoms with Crippen molar-refractivity contribution in [3.8, 4) is 5.75 Å². The monoisotopic (exact) mass is 351 g/mol. The van der Waals surface area contributed by atoms with Crippen LogP contribution in [-0.2, 0) is 6.42 Å². The van der Waals surface area contributed by atoms with E-state index in [0.29, 0.717) is 5.56 Å². The van der Waals surface area contributed by atoms with Gasteiger partial charge in [-0.3, -0.25) is 0 Å². The molecule has 2 aromatic carbocycles. The van der Waals surface area contributed by atoms with E-state index in [9.17, 15) is 4.39 Å². The van der Waals surface area contributed by atoms with Gasteiger partial charge in [0.15, 0.2) is 0 Å². The van der Waals surface area contributed by atoms with Gasteiger partial charge in [-0.05, 0) is 55.8 Å². The number of benzene rings is 2. The average Bonchev–Trinajstić information content (AvgIpc) is 2.49. The minimum Gasteiger partial charge on any atom is -0.497 e. The fraction of sp³-hybridized carbons (Fsp3) is 0.294. The van der Waals surface area contributed by atoms with Crippen LogP contribution >= 0.6 is 15.9 Å². The Kier molecular flexibility index (Phi) is 5.76. The van der Waals surface area contributed by atoms with Gasteiger partial charge in [0.2, 0.25) is 0 Å². The molecule has 1 N–H and O–H groups in total. The molecule has 0 aliphatic carbocycles. The van der Waals surface area contributed by atoms with E-state index in [4.69, 9.17) is 4.74 Å². The highest BCUT2D eigenvalue weighted by Crippen LogP contribution is 2.21. The van der Waals surface area contributed by atoms with Crippen LogP contribution < -0.4 is 10.1 Å². The van der Waals surface area contributed by atoms with Crippen molar-refractivity contribution in [3.05, 3.63) is 63.9 Å². The number of hydrogen-bond acceptors (Lipinski definition) is 2. The summed E-state index contributed by atoms with van der Waals surface area (Å²) in [5.41, 5.74) is 1.87. The van der Waals surface area contributed by atoms with Crippen LogP contribution in [0.25, 0.3) is 0 Å². The molecule has 0 saturated heterocycles. The molecule has 0 aromatic heterocycles. The molecule has 0 aliphatic heterocycles. The molecule has 1 atom stereocenters. The summed E-state index contributed by atoms with van der Waals surface area (Å²) >= 11 is 3.38. The van der Waals surface area contributed by atoms with E-state index in [-0.39, 0.29) is 11.9 Å². The lowest BCUT2D eigenvalue weighted by molar-refractivity contribution is 0.414. The molecule has 0 aliphatic rings. The summed E-state index contributed by atoms with van der Waals surface area (Å²) in [6.45, 7) is 2.75. The Labute approximate surface area is 133 Å². The quantitative estimate of drug-likeness (QED) is 0.827. The van der Waals surface area contributed by atoms with Crippen LogP contribution in [-0.4, -0.2) is 13.7 Å². The Morgan fingerprint density at radius 2 is 2.05 bits per heavy atom. The van der Waals surface area contributed by atoms with Gasteiger partial charge >= 0.3 is 0 Å². The Bertz CT molecular complexity index is 603. The molecule has 2 aromatic rings. The standard InChI is InChI=1S/C17H19BrFNO/c1-12(16-11-14(18)6-7-17(16)19)20-9-8-13-4-3-5-15(10-13)21-2/h3-7,10-12,20H,8-9H2,1-2H3. The molecular weight excluding hydrogens is 333 g/mol. The molecule has 1 unspecified atom stereocenters. The summed E-state index contributed by atoms with van der Waals surface area (Å²) in [5.74, 6) is 0.679. The zero-order chi connectivity index (χ0) is 15.2. The molecule has 0 saturated carbocycles. The number of methoxy groups -OCH3 is 1. The maximum atomic E-state index is 13.8. The largest absolute Gasteiger partial charge is 0.497 e. The third-order valence-corrected chi connectivity index (χ3v) is 3.92. The second-order valence-electron chi connectivity index (χ2n) is 4.94. The van der Waals surface area contributed by atoms with Crippen LogP contribution in [0, 0.1) is 5.82 Å². The molecule has 4 heteroatoms. The molecule has 0 amide bonds. The molecule has 0 fully saturated rings. The second-order valence-corrected chi connectivity index (χ2v) is 5.86. The predicted octanol–water partition coefficient (Wildman–Crippen LogP) is 4.49. The summed E-state index contributed by atoms with van der Waals surface area (Å²) < 4.78 is 19.9. The minimum absolute atomic E-state index is 0.0342. The molecule has 0 spiro atoms. The predicted molar refractivity (Wildman–Crippen MR) is 87.2 cm³/mol. The van der Waals surface area contributed by atoms with Crippen LogP contribution in [0.4, 0.5) is 4.39 Å². The first-order valence-corrected chi connectivity index (χ1v) is 7.70. The molecule has 0 bridgehead atoms. The normalized spacial score (nSPS) is 12.2. The number of halogens is 2. The van der Waals surface area contributed by atoms with E-state index in [0.717, 1.165) is 23.2 Å². The van der Waals surface area contributed by atoms with Crippen molar-refractivity contribution in [3.63, 3.8) is 0 Å². The van der Waals surface area contributed by atoms with Gasteiger partial charge in [-0.15, -0.1) is 0 Å². The fourth-order valence-electron chi connectivity index (χ4n) is 2.22. The zero-order valence-corrected chi connectivity index (χ0v) is 13.8. The van der Waals surface area contributed by atoms with E-state index in [1.807, 2.05) is 31.2 Å². The Morgan fingerprint density at radius 1 is 1.24 bits per heavy atom. The molecule has 0 heterocycles. The van der Waals surface area contributed by atoms with Crippen molar-refractivity contribution >= 4 is 15.9 Å². The zero-order valence-electron chi connectivity index (χ0n) is 12.2. The molecule has 2 nitrogen and oxygen atoms in total. The lowest BCUT2D eigenvalue weighted by Crippen LogP contribution is -2.22. The number of nitrogens with one attached hydrogen (secondary N) is 1. The molecule has 2 rings (SSSR count). The fourth-order valence-corrected chi connectivity index (χ4v) is 2.60. The van der Waals surface area contributed by atoms with Crippen LogP contribution in [0.1, 0.15) is 24.1 Å². The van der Waals surface area contributed by atoms with Gasteiger partial charge in [-0.2, -0.15) is 0 Å². The number of rotatable bonds is 6. The number of hydrogen-bond donors (Lipinski definition) is 1. The van der Waals surface area contributed by atoms with E-state index < -0.39 is 0 Å². The lowest BCUT2D eigenvalue weighted by Gasteiger charge is -2.15. The highest BCUT2D eigenvalue weighted by molar-refractivity contribution is 9.10. The summed E-state index contributed by atoms with van der Waals surface area (Å²) in [6, 6.07) is 13.0. The topological polar surface area (TPSA) is 21.3 Å². The van der Waals surface area contributed by atoms with Crippen LogP contribution in [0.2, 0.25) is 0 Å². The lowest BCUT2D eigenvalue weighted by atomic mass is 10.1. The van der Waals surface area contributed by atoms with E-state index >= 15 is 0 Å². The van der Waals surface area contributed by atoms with Crippen molar-refractivity contribution in [2.75, 3.05) is 13.7 Å². The molecular formula is C17H19BrFNO. The first-order valence-electron chi connectivity index (χ1n) is 6.91. The summed E-state index contributed by atoms with van der Waals surface area (Å²) in [4.78, 5) is 0. The summed E-state index contributed by atoms with van der Waals surface area (Å²) in [5, 5.41) is 3.35. The number of ether oxygens (including phenoxy) is 1. The Balaban J connectivity index is 1.92. The maximum absolute atomic E-state index is 13.8. The van der Waals surface area contributed by atoms with E-state index in [1.54, 1.807) is 13.2 Å². The van der Waals surface area contributed by atoms with E-state index in [2.05, 4.69) is 27.3 Å². The molecule has 0 radical (unpaired) electrons. The van der Waals surface area contributed by atoms with Crippen molar-refractivity contribution in [2.45, 2.75) is 19.4 Å². The van der Waals surface area contributed by atoms with Gasteiger partial charge < -0.3 is 10.1 Å². The van der Waals surface area contributed by atoms with Crippen LogP contribution in [0.15, 0.2) is 46.9 Å². The smallest absolute Gasteiger partial charge is 0.128 e. The Morgan fingerprint density at radius 3 is 2.81 bits per heavy atom. The van der Waals surface area contributed by atoms with Gasteiger partial charge in [0.25, 0.3) is 0 Å². The van der Waals surface area contributed by atoms with E-state index in [1.165, 1.54) is 11.6 Å². The molecule has 112 valence electrons. The van der Waals surface area contributed by atoms with Gasteiger partial charge in [0.05, 0.1) is 7.11 Å². The van der Waals surface area contributed by atoms with Crippen molar-refractivity contribution < 1.29 is 9.13 Å². The van der Waals surface area contributed by atoms with Gasteiger partial charge in [0, 0.05) is 16.1 Å². The first-order chi connectivity index (χ1) is 10.1. The maximum Gasteiger partial charge on any atom is 0.128 e. The minimum atomic E-state index is -0.181. The SMILES string of the molecule is COc1cccc(CCNC(C)c2cc(Br)ccc2F)c1. The highest BCUT2D eigenvalue weighted by Gasteiger charge is 2.10. The van der Waals surface area contributed by atoms with Crippen LogP contribution in [0.5, 0.6) is 5.75 Å². The second kappa shape index (κ2) is 7.57. The first kappa shape index (κ1) is 16.0. The Hall–Kier alpha value is -1.39. The van der Waals surface area contributed by atoms with Gasteiger partial charge in [-0.1, -0.05) is 28.1 Å². The van der Waals surface area contributed by atoms with Crippen LogP contribution in [0.3, 0.4) is 0 Å². The van der Waals surface area contributed by atoms with Crippen molar-refractivity contribution in [2.24, 2.45) is 0 Å². The third-order valence-electron chi connectivity index (χ3n) is 3.42. The van der Waals surface area contributed by atoms with Gasteiger partial charge in [-0.25, -0.2) is 4.39 Å². The van der Waals surface area contributed by atoms with Crippen molar-refractivity contribution in [1.29, 1.82) is 0 Å². The third kappa shape index (κ3) is 4.55. The van der Waals surface area contributed by atoms with Crippen molar-refractivity contribution in [1.82, 2.24) is 5.32 Å². The molecule has 21 heavy (non-hydrogen) atoms. The summed E-state index contributed by atoms with van der Waals surface area (Å²) in [6.07, 6.45) is 0.872. The summed E-state index contributed by atoms with van der Waals surface area (Å²) in [7, 11) is 1.66. The van der Waals surface area contributed by atoms with Gasteiger partial charge in [0.1, 0.15) is 11.6 Å².